The predicted molar refractivity (Wildman–Crippen MR) is 145 cm³/mol. The van der Waals surface area contributed by atoms with Gasteiger partial charge in [0.25, 0.3) is 0 Å². The van der Waals surface area contributed by atoms with E-state index in [9.17, 15) is 9.59 Å². The van der Waals surface area contributed by atoms with Gasteiger partial charge < -0.3 is 25.2 Å². The van der Waals surface area contributed by atoms with Crippen LogP contribution in [0.5, 0.6) is 0 Å². The van der Waals surface area contributed by atoms with Gasteiger partial charge >= 0.3 is 6.09 Å². The van der Waals surface area contributed by atoms with Crippen LogP contribution in [0.25, 0.3) is 0 Å². The number of likely N-dealkylation sites (tertiary alicyclic amines) is 1. The van der Waals surface area contributed by atoms with Crippen LogP contribution in [0.1, 0.15) is 66.0 Å². The summed E-state index contributed by atoms with van der Waals surface area (Å²) in [6, 6.07) is 17.0. The highest BCUT2D eigenvalue weighted by atomic mass is 16.6. The van der Waals surface area contributed by atoms with Crippen molar-refractivity contribution in [3.63, 3.8) is 0 Å². The third-order valence-corrected chi connectivity index (χ3v) is 7.27. The van der Waals surface area contributed by atoms with E-state index in [-0.39, 0.29) is 36.0 Å². The zero-order valence-electron chi connectivity index (χ0n) is 22.4. The summed E-state index contributed by atoms with van der Waals surface area (Å²) in [5.74, 6) is 0.276. The Morgan fingerprint density at radius 2 is 1.61 bits per heavy atom. The minimum atomic E-state index is -0.484. The average Bonchev–Trinajstić information content (AvgIpc) is 2.82. The lowest BCUT2D eigenvalue weighted by Crippen LogP contribution is -2.48. The first-order valence-electron chi connectivity index (χ1n) is 13.0. The van der Waals surface area contributed by atoms with Gasteiger partial charge in [0.2, 0.25) is 5.91 Å². The van der Waals surface area contributed by atoms with Gasteiger partial charge in [0.15, 0.2) is 0 Å². The normalized spacial score (nSPS) is 22.6. The lowest BCUT2D eigenvalue weighted by molar-refractivity contribution is -0.117. The number of ether oxygens (including phenoxy) is 1. The van der Waals surface area contributed by atoms with Gasteiger partial charge in [0.05, 0.1) is 6.04 Å². The first-order chi connectivity index (χ1) is 17.0. The molecule has 0 aromatic heterocycles. The fourth-order valence-electron chi connectivity index (χ4n) is 5.28. The number of nitrogens with one attached hydrogen (secondary N) is 2. The zero-order chi connectivity index (χ0) is 26.0. The number of carbonyl (C=O) groups is 2. The smallest absolute Gasteiger partial charge is 0.410 e. The molecule has 4 rings (SSSR count). The maximum atomic E-state index is 12.6. The molecule has 2 aliphatic heterocycles. The number of amides is 2. The quantitative estimate of drug-likeness (QED) is 0.544. The summed E-state index contributed by atoms with van der Waals surface area (Å²) in [4.78, 5) is 28.7. The van der Waals surface area contributed by atoms with Gasteiger partial charge in [-0.15, -0.1) is 0 Å². The van der Waals surface area contributed by atoms with E-state index in [4.69, 9.17) is 4.74 Å². The third-order valence-electron chi connectivity index (χ3n) is 7.27. The Morgan fingerprint density at radius 1 is 0.944 bits per heavy atom. The first-order valence-corrected chi connectivity index (χ1v) is 13.0. The number of nitrogens with zero attached hydrogens (tertiary/aromatic N) is 2. The molecule has 2 heterocycles. The molecule has 2 N–H and O–H groups in total. The van der Waals surface area contributed by atoms with Gasteiger partial charge in [0, 0.05) is 60.6 Å². The monoisotopic (exact) mass is 492 g/mol. The Bertz CT molecular complexity index is 1070. The molecule has 0 radical (unpaired) electrons. The minimum Gasteiger partial charge on any atom is -0.444 e. The van der Waals surface area contributed by atoms with Crippen LogP contribution in [0.4, 0.5) is 21.9 Å². The summed E-state index contributed by atoms with van der Waals surface area (Å²) in [5.41, 5.74) is 3.70. The molecule has 1 unspecified atom stereocenters. The summed E-state index contributed by atoms with van der Waals surface area (Å²) < 4.78 is 5.53. The number of para-hydroxylation sites is 1. The summed E-state index contributed by atoms with van der Waals surface area (Å²) in [6.45, 7) is 13.0. The van der Waals surface area contributed by atoms with Gasteiger partial charge in [-0.05, 0) is 70.9 Å². The SMILES string of the molecule is CC(=O)N1c2ccc(NC3CCN(C(=O)OC(C)(C)C)CC3)cc2C(Nc2ccccc2)[C@@H](C)[C@@H]1C. The number of benzene rings is 2. The van der Waals surface area contributed by atoms with Crippen molar-refractivity contribution in [2.45, 2.75) is 78.1 Å². The Hall–Kier alpha value is -3.22. The van der Waals surface area contributed by atoms with Crippen molar-refractivity contribution in [3.05, 3.63) is 54.1 Å². The highest BCUT2D eigenvalue weighted by molar-refractivity contribution is 5.94. The molecule has 2 aliphatic rings. The van der Waals surface area contributed by atoms with Crippen LogP contribution in [0.15, 0.2) is 48.5 Å². The molecular weight excluding hydrogens is 452 g/mol. The molecule has 36 heavy (non-hydrogen) atoms. The van der Waals surface area contributed by atoms with E-state index in [1.165, 1.54) is 0 Å². The maximum absolute atomic E-state index is 12.6. The largest absolute Gasteiger partial charge is 0.444 e. The van der Waals surface area contributed by atoms with Crippen LogP contribution in [0.3, 0.4) is 0 Å². The fourth-order valence-corrected chi connectivity index (χ4v) is 5.28. The van der Waals surface area contributed by atoms with Crippen molar-refractivity contribution in [2.75, 3.05) is 28.6 Å². The van der Waals surface area contributed by atoms with Gasteiger partial charge in [-0.2, -0.15) is 0 Å². The molecule has 1 saturated heterocycles. The molecular formula is C29H40N4O3. The zero-order valence-corrected chi connectivity index (χ0v) is 22.4. The molecule has 7 heteroatoms. The van der Waals surface area contributed by atoms with Gasteiger partial charge in [-0.1, -0.05) is 25.1 Å². The molecule has 194 valence electrons. The second-order valence-corrected chi connectivity index (χ2v) is 11.1. The van der Waals surface area contributed by atoms with Crippen LogP contribution in [-0.2, 0) is 9.53 Å². The third kappa shape index (κ3) is 5.77. The number of hydrogen-bond donors (Lipinski definition) is 2. The van der Waals surface area contributed by atoms with Crippen LogP contribution in [0, 0.1) is 5.92 Å². The van der Waals surface area contributed by atoms with Crippen molar-refractivity contribution in [2.24, 2.45) is 5.92 Å². The summed E-state index contributed by atoms with van der Waals surface area (Å²) in [5, 5.41) is 7.40. The number of piperidine rings is 1. The molecule has 0 saturated carbocycles. The summed E-state index contributed by atoms with van der Waals surface area (Å²) in [6.07, 6.45) is 1.47. The van der Waals surface area contributed by atoms with E-state index < -0.39 is 5.60 Å². The molecule has 0 spiro atoms. The molecule has 2 aromatic carbocycles. The minimum absolute atomic E-state index is 0.0592. The van der Waals surface area contributed by atoms with E-state index >= 15 is 0 Å². The number of hydrogen-bond acceptors (Lipinski definition) is 5. The molecule has 2 aromatic rings. The molecule has 1 fully saturated rings. The van der Waals surface area contributed by atoms with Crippen molar-refractivity contribution in [3.8, 4) is 0 Å². The summed E-state index contributed by atoms with van der Waals surface area (Å²) in [7, 11) is 0. The van der Waals surface area contributed by atoms with Crippen LogP contribution >= 0.6 is 0 Å². The Kier molecular flexibility index (Phi) is 7.48. The van der Waals surface area contributed by atoms with E-state index in [2.05, 4.69) is 54.8 Å². The number of anilines is 3. The highest BCUT2D eigenvalue weighted by Gasteiger charge is 2.38. The van der Waals surface area contributed by atoms with Gasteiger partial charge in [0.1, 0.15) is 5.60 Å². The van der Waals surface area contributed by atoms with E-state index in [1.54, 1.807) is 11.8 Å². The van der Waals surface area contributed by atoms with Crippen LogP contribution in [0.2, 0.25) is 0 Å². The van der Waals surface area contributed by atoms with E-state index in [0.29, 0.717) is 13.1 Å². The van der Waals surface area contributed by atoms with Crippen molar-refractivity contribution < 1.29 is 14.3 Å². The summed E-state index contributed by atoms with van der Waals surface area (Å²) >= 11 is 0. The first kappa shape index (κ1) is 25.9. The second kappa shape index (κ2) is 10.4. The van der Waals surface area contributed by atoms with Crippen LogP contribution in [-0.4, -0.2) is 47.7 Å². The number of carbonyl (C=O) groups excluding carboxylic acids is 2. The Balaban J connectivity index is 1.52. The molecule has 3 atom stereocenters. The van der Waals surface area contributed by atoms with Crippen molar-refractivity contribution in [1.82, 2.24) is 4.90 Å². The molecule has 0 bridgehead atoms. The highest BCUT2D eigenvalue weighted by Crippen LogP contribution is 2.43. The molecule has 0 aliphatic carbocycles. The van der Waals surface area contributed by atoms with Gasteiger partial charge in [-0.3, -0.25) is 4.79 Å². The van der Waals surface area contributed by atoms with E-state index in [0.717, 1.165) is 35.5 Å². The standard InChI is InChI=1S/C29H40N4O3/c1-19-20(2)33(21(3)34)26-13-12-24(18-25(26)27(19)31-22-10-8-7-9-11-22)30-23-14-16-32(17-15-23)28(35)36-29(4,5)6/h7-13,18-20,23,27,30-31H,14-17H2,1-6H3/t19-,20-,27?/m0/s1. The van der Waals surface area contributed by atoms with Crippen LogP contribution < -0.4 is 15.5 Å². The predicted octanol–water partition coefficient (Wildman–Crippen LogP) is 6.04. The van der Waals surface area contributed by atoms with E-state index in [1.807, 2.05) is 43.9 Å². The lowest BCUT2D eigenvalue weighted by atomic mass is 9.82. The fraction of sp³-hybridized carbons (Fsp3) is 0.517. The number of fused-ring (bicyclic) bond motifs is 1. The topological polar surface area (TPSA) is 73.9 Å². The number of rotatable bonds is 4. The molecule has 2 amide bonds. The lowest BCUT2D eigenvalue weighted by Gasteiger charge is -2.44. The maximum Gasteiger partial charge on any atom is 0.410 e. The van der Waals surface area contributed by atoms with Gasteiger partial charge in [-0.25, -0.2) is 4.79 Å². The average molecular weight is 493 g/mol. The second-order valence-electron chi connectivity index (χ2n) is 11.1. The molecule has 7 nitrogen and oxygen atoms in total. The Morgan fingerprint density at radius 3 is 2.22 bits per heavy atom. The Labute approximate surface area is 215 Å². The van der Waals surface area contributed by atoms with Crippen molar-refractivity contribution in [1.29, 1.82) is 0 Å². The van der Waals surface area contributed by atoms with Crippen molar-refractivity contribution >= 4 is 29.1 Å².